The van der Waals surface area contributed by atoms with Crippen LogP contribution in [0.5, 0.6) is 5.75 Å². The molecule has 1 aliphatic heterocycles. The standard InChI is InChI=1S/C11H15NO3S/c1-10-2-4-11(5-3-10)15-16(13)12-6-8-14-9-7-12/h2-5H,6-9H2,1H3. The van der Waals surface area contributed by atoms with Gasteiger partial charge < -0.3 is 8.92 Å². The molecule has 2 rings (SSSR count). The molecule has 1 atom stereocenters. The van der Waals surface area contributed by atoms with Gasteiger partial charge >= 0.3 is 0 Å². The van der Waals surface area contributed by atoms with E-state index in [1.54, 1.807) is 4.31 Å². The molecule has 1 saturated heterocycles. The topological polar surface area (TPSA) is 38.8 Å². The smallest absolute Gasteiger partial charge is 0.290 e. The van der Waals surface area contributed by atoms with Crippen LogP contribution in [0.1, 0.15) is 5.56 Å². The summed E-state index contributed by atoms with van der Waals surface area (Å²) in [5.74, 6) is 0.635. The third-order valence-corrected chi connectivity index (χ3v) is 3.49. The first kappa shape index (κ1) is 11.6. The van der Waals surface area contributed by atoms with Crippen molar-refractivity contribution in [2.75, 3.05) is 26.3 Å². The third-order valence-electron chi connectivity index (χ3n) is 2.37. The molecule has 1 fully saturated rings. The summed E-state index contributed by atoms with van der Waals surface area (Å²) in [5.41, 5.74) is 1.16. The lowest BCUT2D eigenvalue weighted by Crippen LogP contribution is -2.39. The Kier molecular flexibility index (Phi) is 3.93. The molecule has 16 heavy (non-hydrogen) atoms. The third kappa shape index (κ3) is 3.04. The predicted molar refractivity (Wildman–Crippen MR) is 62.3 cm³/mol. The molecule has 0 N–H and O–H groups in total. The monoisotopic (exact) mass is 241 g/mol. The highest BCUT2D eigenvalue weighted by Crippen LogP contribution is 2.14. The van der Waals surface area contributed by atoms with E-state index in [4.69, 9.17) is 8.92 Å². The number of nitrogens with zero attached hydrogens (tertiary/aromatic N) is 1. The van der Waals surface area contributed by atoms with Gasteiger partial charge in [0, 0.05) is 13.1 Å². The van der Waals surface area contributed by atoms with Crippen LogP contribution in [0.25, 0.3) is 0 Å². The zero-order chi connectivity index (χ0) is 11.4. The molecule has 0 aliphatic carbocycles. The highest BCUT2D eigenvalue weighted by molar-refractivity contribution is 7.78. The zero-order valence-electron chi connectivity index (χ0n) is 9.22. The van der Waals surface area contributed by atoms with Crippen LogP contribution in [0.4, 0.5) is 0 Å². The molecular weight excluding hydrogens is 226 g/mol. The number of rotatable bonds is 3. The molecule has 0 radical (unpaired) electrons. The molecule has 1 aromatic carbocycles. The summed E-state index contributed by atoms with van der Waals surface area (Å²) in [6.45, 7) is 4.53. The van der Waals surface area contributed by atoms with Crippen molar-refractivity contribution in [2.45, 2.75) is 6.92 Å². The summed E-state index contributed by atoms with van der Waals surface area (Å²) >= 11 is -1.41. The largest absolute Gasteiger partial charge is 0.389 e. The number of aryl methyl sites for hydroxylation is 1. The molecule has 1 heterocycles. The zero-order valence-corrected chi connectivity index (χ0v) is 10.0. The van der Waals surface area contributed by atoms with Crippen LogP contribution in [-0.4, -0.2) is 34.8 Å². The molecule has 4 nitrogen and oxygen atoms in total. The van der Waals surface area contributed by atoms with Crippen LogP contribution in [-0.2, 0) is 16.0 Å². The Balaban J connectivity index is 1.93. The number of hydrogen-bond acceptors (Lipinski definition) is 3. The fourth-order valence-electron chi connectivity index (χ4n) is 1.42. The summed E-state index contributed by atoms with van der Waals surface area (Å²) < 4.78 is 24.1. The van der Waals surface area contributed by atoms with Gasteiger partial charge in [-0.15, -0.1) is 0 Å². The highest BCUT2D eigenvalue weighted by Gasteiger charge is 2.18. The van der Waals surface area contributed by atoms with E-state index in [1.807, 2.05) is 31.2 Å². The summed E-state index contributed by atoms with van der Waals surface area (Å²) in [4.78, 5) is 0. The first-order valence-corrected chi connectivity index (χ1v) is 6.28. The second-order valence-electron chi connectivity index (χ2n) is 3.65. The number of morpholine rings is 1. The summed E-state index contributed by atoms with van der Waals surface area (Å²) in [7, 11) is 0. The van der Waals surface area contributed by atoms with Gasteiger partial charge in [0.2, 0.25) is 0 Å². The molecule has 0 bridgehead atoms. The molecule has 5 heteroatoms. The van der Waals surface area contributed by atoms with E-state index in [9.17, 15) is 4.21 Å². The van der Waals surface area contributed by atoms with Crippen molar-refractivity contribution in [3.8, 4) is 5.75 Å². The van der Waals surface area contributed by atoms with Crippen LogP contribution in [0.2, 0.25) is 0 Å². The normalized spacial score (nSPS) is 19.3. The maximum absolute atomic E-state index is 11.8. The average Bonchev–Trinajstić information content (AvgIpc) is 2.33. The Labute approximate surface area is 98.0 Å². The average molecular weight is 241 g/mol. The second-order valence-corrected chi connectivity index (χ2v) is 4.77. The number of ether oxygens (including phenoxy) is 1. The molecule has 1 aromatic rings. The quantitative estimate of drug-likeness (QED) is 0.800. The van der Waals surface area contributed by atoms with Gasteiger partial charge in [0.05, 0.1) is 13.2 Å². The molecular formula is C11H15NO3S. The number of hydrogen-bond donors (Lipinski definition) is 0. The fourth-order valence-corrected chi connectivity index (χ4v) is 2.25. The minimum Gasteiger partial charge on any atom is -0.389 e. The van der Waals surface area contributed by atoms with Crippen molar-refractivity contribution in [3.05, 3.63) is 29.8 Å². The van der Waals surface area contributed by atoms with E-state index >= 15 is 0 Å². The van der Waals surface area contributed by atoms with Gasteiger partial charge in [0.15, 0.2) is 0 Å². The molecule has 88 valence electrons. The van der Waals surface area contributed by atoms with E-state index < -0.39 is 11.3 Å². The predicted octanol–water partition coefficient (Wildman–Crippen LogP) is 1.28. The van der Waals surface area contributed by atoms with Gasteiger partial charge in [0.1, 0.15) is 5.75 Å². The molecule has 1 aliphatic rings. The van der Waals surface area contributed by atoms with E-state index in [-0.39, 0.29) is 0 Å². The van der Waals surface area contributed by atoms with E-state index in [2.05, 4.69) is 0 Å². The Morgan fingerprint density at radius 1 is 1.25 bits per heavy atom. The van der Waals surface area contributed by atoms with Crippen molar-refractivity contribution in [1.82, 2.24) is 4.31 Å². The lowest BCUT2D eigenvalue weighted by atomic mass is 10.2. The molecule has 0 spiro atoms. The lowest BCUT2D eigenvalue weighted by molar-refractivity contribution is 0.0728. The molecule has 1 unspecified atom stereocenters. The second kappa shape index (κ2) is 5.43. The van der Waals surface area contributed by atoms with Gasteiger partial charge in [-0.1, -0.05) is 17.7 Å². The summed E-state index contributed by atoms with van der Waals surface area (Å²) in [5, 5.41) is 0. The number of benzene rings is 1. The van der Waals surface area contributed by atoms with Crippen LogP contribution < -0.4 is 4.18 Å². The summed E-state index contributed by atoms with van der Waals surface area (Å²) in [6.07, 6.45) is 0. The van der Waals surface area contributed by atoms with Crippen molar-refractivity contribution < 1.29 is 13.1 Å². The van der Waals surface area contributed by atoms with Gasteiger partial charge in [-0.2, -0.15) is 8.51 Å². The molecule has 0 amide bonds. The van der Waals surface area contributed by atoms with Gasteiger partial charge in [-0.3, -0.25) is 0 Å². The van der Waals surface area contributed by atoms with Gasteiger partial charge in [0.25, 0.3) is 11.3 Å². The van der Waals surface area contributed by atoms with Crippen LogP contribution in [0, 0.1) is 6.92 Å². The minimum atomic E-state index is -1.41. The first-order chi connectivity index (χ1) is 7.75. The van der Waals surface area contributed by atoms with Crippen molar-refractivity contribution >= 4 is 11.3 Å². The highest BCUT2D eigenvalue weighted by atomic mass is 32.2. The SMILES string of the molecule is Cc1ccc(OS(=O)N2CCOCC2)cc1. The Morgan fingerprint density at radius 3 is 2.50 bits per heavy atom. The fraction of sp³-hybridized carbons (Fsp3) is 0.455. The minimum absolute atomic E-state index is 0.614. The van der Waals surface area contributed by atoms with E-state index in [0.717, 1.165) is 5.56 Å². The van der Waals surface area contributed by atoms with Gasteiger partial charge in [-0.25, -0.2) is 0 Å². The summed E-state index contributed by atoms with van der Waals surface area (Å²) in [6, 6.07) is 7.53. The maximum Gasteiger partial charge on any atom is 0.290 e. The molecule has 0 aromatic heterocycles. The van der Waals surface area contributed by atoms with Gasteiger partial charge in [-0.05, 0) is 19.1 Å². The van der Waals surface area contributed by atoms with E-state index in [1.165, 1.54) is 0 Å². The Hall–Kier alpha value is -0.910. The van der Waals surface area contributed by atoms with Crippen LogP contribution in [0.15, 0.2) is 24.3 Å². The Morgan fingerprint density at radius 2 is 1.88 bits per heavy atom. The van der Waals surface area contributed by atoms with Crippen LogP contribution in [0.3, 0.4) is 0 Å². The van der Waals surface area contributed by atoms with Crippen molar-refractivity contribution in [1.29, 1.82) is 0 Å². The van der Waals surface area contributed by atoms with Crippen molar-refractivity contribution in [2.24, 2.45) is 0 Å². The first-order valence-electron chi connectivity index (χ1n) is 5.25. The van der Waals surface area contributed by atoms with Crippen molar-refractivity contribution in [3.63, 3.8) is 0 Å². The molecule has 0 saturated carbocycles. The lowest BCUT2D eigenvalue weighted by Gasteiger charge is -2.24. The van der Waals surface area contributed by atoms with Crippen LogP contribution >= 0.6 is 0 Å². The maximum atomic E-state index is 11.8. The van der Waals surface area contributed by atoms with E-state index in [0.29, 0.717) is 32.1 Å². The Bertz CT molecular complexity index is 360.